The molecule has 1 atom stereocenters. The van der Waals surface area contributed by atoms with Crippen molar-refractivity contribution in [1.82, 2.24) is 25.1 Å². The number of rotatable bonds is 4. The number of carbonyl (C=O) groups is 2. The molecule has 0 spiro atoms. The monoisotopic (exact) mass is 412 g/mol. The maximum absolute atomic E-state index is 13.3. The molecule has 1 aliphatic heterocycles. The zero-order valence-electron chi connectivity index (χ0n) is 18.5. The molecule has 2 heterocycles. The molecule has 8 nitrogen and oxygen atoms in total. The number of imidazole rings is 1. The number of nitrogen functional groups attached to an aromatic ring is 1. The molecule has 1 aliphatic rings. The number of amides is 2. The molecule has 2 aromatic rings. The number of nitrogens with one attached hydrogen (secondary N) is 2. The lowest BCUT2D eigenvalue weighted by Gasteiger charge is -2.29. The first-order chi connectivity index (χ1) is 14.1. The van der Waals surface area contributed by atoms with E-state index >= 15 is 0 Å². The van der Waals surface area contributed by atoms with Crippen molar-refractivity contribution in [3.8, 4) is 11.4 Å². The summed E-state index contributed by atoms with van der Waals surface area (Å²) in [6, 6.07) is 6.87. The molecule has 0 aliphatic carbocycles. The van der Waals surface area contributed by atoms with Gasteiger partial charge in [0.2, 0.25) is 5.91 Å². The highest BCUT2D eigenvalue weighted by molar-refractivity contribution is 5.98. The fourth-order valence-corrected chi connectivity index (χ4v) is 3.83. The summed E-state index contributed by atoms with van der Waals surface area (Å²) >= 11 is 0. The number of hydrogen-bond donors (Lipinski definition) is 3. The van der Waals surface area contributed by atoms with E-state index in [1.54, 1.807) is 7.05 Å². The van der Waals surface area contributed by atoms with E-state index in [1.165, 1.54) is 0 Å². The fourth-order valence-electron chi connectivity index (χ4n) is 3.83. The molecule has 8 heteroatoms. The molecule has 0 fully saturated rings. The number of carbonyl (C=O) groups excluding carboxylic acids is 2. The minimum Gasteiger partial charge on any atom is -0.398 e. The highest BCUT2D eigenvalue weighted by Gasteiger charge is 2.34. The average molecular weight is 413 g/mol. The number of aromatic nitrogens is 2. The van der Waals surface area contributed by atoms with Crippen LogP contribution in [0.2, 0.25) is 0 Å². The largest absolute Gasteiger partial charge is 0.398 e. The van der Waals surface area contributed by atoms with Crippen molar-refractivity contribution in [3.05, 3.63) is 35.7 Å². The molecule has 4 N–H and O–H groups in total. The Kier molecular flexibility index (Phi) is 6.17. The summed E-state index contributed by atoms with van der Waals surface area (Å²) in [6.07, 6.45) is 0.948. The molecule has 162 valence electrons. The van der Waals surface area contributed by atoms with Crippen LogP contribution in [0.15, 0.2) is 24.3 Å². The van der Waals surface area contributed by atoms with Gasteiger partial charge in [-0.1, -0.05) is 32.9 Å². The first kappa shape index (κ1) is 21.8. The van der Waals surface area contributed by atoms with Crippen molar-refractivity contribution in [1.29, 1.82) is 0 Å². The molecule has 2 amide bonds. The van der Waals surface area contributed by atoms with E-state index in [-0.39, 0.29) is 11.8 Å². The summed E-state index contributed by atoms with van der Waals surface area (Å²) in [5, 5.41) is 5.55. The fraction of sp³-hybridized carbons (Fsp3) is 0.500. The van der Waals surface area contributed by atoms with Gasteiger partial charge in [-0.15, -0.1) is 0 Å². The van der Waals surface area contributed by atoms with E-state index in [9.17, 15) is 9.59 Å². The Bertz CT molecular complexity index is 944. The summed E-state index contributed by atoms with van der Waals surface area (Å²) in [5.74, 6) is 0.111. The van der Waals surface area contributed by atoms with E-state index in [4.69, 9.17) is 10.7 Å². The Morgan fingerprint density at radius 2 is 1.90 bits per heavy atom. The van der Waals surface area contributed by atoms with Crippen molar-refractivity contribution in [2.24, 2.45) is 5.41 Å². The molecule has 3 rings (SSSR count). The first-order valence-corrected chi connectivity index (χ1v) is 10.3. The second kappa shape index (κ2) is 8.47. The normalized spacial score (nSPS) is 15.8. The number of anilines is 1. The number of benzene rings is 1. The minimum absolute atomic E-state index is 0.231. The molecule has 1 aromatic heterocycles. The summed E-state index contributed by atoms with van der Waals surface area (Å²) in [6.45, 7) is 8.04. The molecule has 1 aromatic carbocycles. The zero-order chi connectivity index (χ0) is 22.1. The molecule has 0 unspecified atom stereocenters. The van der Waals surface area contributed by atoms with Crippen LogP contribution in [0.5, 0.6) is 0 Å². The molecular formula is C22H32N6O2. The van der Waals surface area contributed by atoms with E-state index in [0.717, 1.165) is 30.8 Å². The van der Waals surface area contributed by atoms with Crippen molar-refractivity contribution in [2.45, 2.75) is 46.3 Å². The number of hydrogen-bond acceptors (Lipinski definition) is 5. The molecule has 0 radical (unpaired) electrons. The minimum atomic E-state index is -0.680. The lowest BCUT2D eigenvalue weighted by atomic mass is 9.86. The molecule has 0 saturated heterocycles. The van der Waals surface area contributed by atoms with Crippen LogP contribution in [0.1, 0.15) is 43.4 Å². The third-order valence-electron chi connectivity index (χ3n) is 5.48. The smallest absolute Gasteiger partial charge is 0.272 e. The van der Waals surface area contributed by atoms with Gasteiger partial charge in [0, 0.05) is 31.4 Å². The van der Waals surface area contributed by atoms with Crippen molar-refractivity contribution >= 4 is 17.5 Å². The summed E-state index contributed by atoms with van der Waals surface area (Å²) in [7, 11) is 3.60. The summed E-state index contributed by atoms with van der Waals surface area (Å²) in [4.78, 5) is 32.7. The lowest BCUT2D eigenvalue weighted by Crippen LogP contribution is -2.53. The number of nitrogens with two attached hydrogens (primary N) is 1. The average Bonchev–Trinajstić information content (AvgIpc) is 2.91. The lowest BCUT2D eigenvalue weighted by molar-refractivity contribution is -0.124. The Morgan fingerprint density at radius 3 is 2.53 bits per heavy atom. The Hall–Kier alpha value is -2.87. The van der Waals surface area contributed by atoms with Crippen LogP contribution < -0.4 is 16.4 Å². The van der Waals surface area contributed by atoms with E-state index in [1.807, 2.05) is 52.1 Å². The number of fused-ring (bicyclic) bond motifs is 1. The number of nitrogens with zero attached hydrogens (tertiary/aromatic N) is 3. The van der Waals surface area contributed by atoms with Crippen molar-refractivity contribution in [3.63, 3.8) is 0 Å². The highest BCUT2D eigenvalue weighted by Crippen LogP contribution is 2.30. The number of para-hydroxylation sites is 1. The van der Waals surface area contributed by atoms with E-state index < -0.39 is 11.5 Å². The van der Waals surface area contributed by atoms with Crippen molar-refractivity contribution < 1.29 is 9.59 Å². The van der Waals surface area contributed by atoms with Crippen LogP contribution in [0, 0.1) is 5.41 Å². The van der Waals surface area contributed by atoms with Crippen LogP contribution in [-0.2, 0) is 17.9 Å². The van der Waals surface area contributed by atoms with Crippen LogP contribution in [-0.4, -0.2) is 52.9 Å². The second-order valence-electron chi connectivity index (χ2n) is 8.95. The maximum Gasteiger partial charge on any atom is 0.272 e. The van der Waals surface area contributed by atoms with E-state index in [2.05, 4.69) is 20.1 Å². The maximum atomic E-state index is 13.3. The topological polar surface area (TPSA) is 105 Å². The van der Waals surface area contributed by atoms with Gasteiger partial charge in [-0.05, 0) is 37.6 Å². The van der Waals surface area contributed by atoms with Crippen LogP contribution in [0.3, 0.4) is 0 Å². The predicted molar refractivity (Wildman–Crippen MR) is 118 cm³/mol. The quantitative estimate of drug-likeness (QED) is 0.665. The predicted octanol–water partition coefficient (Wildman–Crippen LogP) is 1.86. The van der Waals surface area contributed by atoms with Gasteiger partial charge < -0.3 is 25.8 Å². The highest BCUT2D eigenvalue weighted by atomic mass is 16.2. The van der Waals surface area contributed by atoms with Gasteiger partial charge in [-0.25, -0.2) is 4.98 Å². The van der Waals surface area contributed by atoms with Gasteiger partial charge in [0.25, 0.3) is 5.91 Å². The Balaban J connectivity index is 2.07. The third kappa shape index (κ3) is 4.33. The van der Waals surface area contributed by atoms with Gasteiger partial charge in [0.05, 0.1) is 5.69 Å². The Labute approximate surface area is 177 Å². The van der Waals surface area contributed by atoms with Crippen LogP contribution >= 0.6 is 0 Å². The molecular weight excluding hydrogens is 380 g/mol. The first-order valence-electron chi connectivity index (χ1n) is 10.3. The van der Waals surface area contributed by atoms with E-state index in [0.29, 0.717) is 23.8 Å². The van der Waals surface area contributed by atoms with Crippen molar-refractivity contribution in [2.75, 3.05) is 26.4 Å². The van der Waals surface area contributed by atoms with Gasteiger partial charge in [-0.2, -0.15) is 0 Å². The summed E-state index contributed by atoms with van der Waals surface area (Å²) in [5.41, 5.74) is 8.38. The second-order valence-corrected chi connectivity index (χ2v) is 8.95. The molecule has 0 bridgehead atoms. The number of likely N-dealkylation sites (N-methyl/N-ethyl adjacent to an activating group) is 1. The standard InChI is InChI=1S/C22H32N6O2/c1-22(2,3)18(21(30)24-4)26-20(29)17-16-13-27(5)11-8-12-28(16)19(25-17)14-9-6-7-10-15(14)23/h6-7,9-10,18H,8,11-13,23H2,1-5H3,(H,24,30)(H,26,29)/t18-/m1/s1. The Morgan fingerprint density at radius 1 is 1.20 bits per heavy atom. The summed E-state index contributed by atoms with van der Waals surface area (Å²) < 4.78 is 2.09. The van der Waals surface area contributed by atoms with Gasteiger partial charge in [0.1, 0.15) is 11.9 Å². The van der Waals surface area contributed by atoms with Crippen LogP contribution in [0.4, 0.5) is 5.69 Å². The van der Waals surface area contributed by atoms with Gasteiger partial charge >= 0.3 is 0 Å². The van der Waals surface area contributed by atoms with Gasteiger partial charge in [0.15, 0.2) is 5.69 Å². The third-order valence-corrected chi connectivity index (χ3v) is 5.48. The SMILES string of the molecule is CNC(=O)[C@@H](NC(=O)c1nc(-c2ccccc2N)n2c1CN(C)CCC2)C(C)(C)C. The molecule has 30 heavy (non-hydrogen) atoms. The molecule has 0 saturated carbocycles. The van der Waals surface area contributed by atoms with Gasteiger partial charge in [-0.3, -0.25) is 9.59 Å². The zero-order valence-corrected chi connectivity index (χ0v) is 18.5. The van der Waals surface area contributed by atoms with Crippen LogP contribution in [0.25, 0.3) is 11.4 Å².